The molecule has 3 heterocycles. The Morgan fingerprint density at radius 1 is 1.21 bits per heavy atom. The molecule has 4 aromatic rings. The Hall–Kier alpha value is -3.92. The molecule has 0 aliphatic rings. The van der Waals surface area contributed by atoms with Gasteiger partial charge in [0.2, 0.25) is 0 Å². The first-order valence-electron chi connectivity index (χ1n) is 8.54. The lowest BCUT2D eigenvalue weighted by Gasteiger charge is -2.07. The zero-order valence-corrected chi connectivity index (χ0v) is 15.7. The van der Waals surface area contributed by atoms with E-state index in [1.54, 1.807) is 16.8 Å². The second-order valence-corrected chi connectivity index (χ2v) is 7.05. The molecule has 4 rings (SSSR count). The van der Waals surface area contributed by atoms with Crippen LogP contribution in [-0.4, -0.2) is 31.6 Å². The lowest BCUT2D eigenvalue weighted by molar-refractivity contribution is -0.380. The number of pyridine rings is 1. The second-order valence-electron chi connectivity index (χ2n) is 5.95. The Kier molecular flexibility index (Phi) is 5.08. The Morgan fingerprint density at radius 3 is 2.79 bits per heavy atom. The number of amides is 1. The van der Waals surface area contributed by atoms with Crippen LogP contribution in [-0.2, 0) is 11.3 Å². The highest BCUT2D eigenvalue weighted by Gasteiger charge is 2.15. The summed E-state index contributed by atoms with van der Waals surface area (Å²) in [5.74, 6) is 0.229. The van der Waals surface area contributed by atoms with Crippen LogP contribution in [0.15, 0.2) is 65.9 Å². The average Bonchev–Trinajstić information content (AvgIpc) is 3.34. The van der Waals surface area contributed by atoms with E-state index in [9.17, 15) is 14.9 Å². The summed E-state index contributed by atoms with van der Waals surface area (Å²) in [5, 5.41) is 14.6. The van der Waals surface area contributed by atoms with Crippen LogP contribution in [0.5, 0.6) is 0 Å². The first-order valence-corrected chi connectivity index (χ1v) is 9.36. The van der Waals surface area contributed by atoms with Crippen molar-refractivity contribution >= 4 is 39.5 Å². The second kappa shape index (κ2) is 7.98. The number of hydrazone groups is 1. The van der Waals surface area contributed by atoms with Gasteiger partial charge in [-0.25, -0.2) is 10.4 Å². The number of thiophene rings is 1. The normalized spacial score (nSPS) is 11.2. The van der Waals surface area contributed by atoms with Gasteiger partial charge in [0.1, 0.15) is 12.2 Å². The number of fused-ring (bicyclic) bond motifs is 1. The molecule has 1 amide bonds. The zero-order chi connectivity index (χ0) is 20.2. The van der Waals surface area contributed by atoms with Crippen molar-refractivity contribution in [1.29, 1.82) is 0 Å². The maximum atomic E-state index is 12.4. The van der Waals surface area contributed by atoms with Crippen LogP contribution in [0.1, 0.15) is 4.88 Å². The molecule has 0 unspecified atom stereocenters. The number of benzene rings is 1. The number of imidazole rings is 1. The van der Waals surface area contributed by atoms with Crippen LogP contribution in [0.4, 0.5) is 5.00 Å². The summed E-state index contributed by atoms with van der Waals surface area (Å²) in [5.41, 5.74) is 4.67. The molecule has 0 spiro atoms. The van der Waals surface area contributed by atoms with Crippen LogP contribution >= 0.6 is 11.3 Å². The molecule has 0 saturated carbocycles. The molecule has 0 bridgehead atoms. The number of hydrogen-bond donors (Lipinski definition) is 1. The number of carbonyl (C=O) groups excluding carboxylic acids is 1. The summed E-state index contributed by atoms with van der Waals surface area (Å²) >= 11 is 0.976. The molecule has 144 valence electrons. The standard InChI is InChI=1S/C19H14N6O3S/c26-17(23-21-11-13-8-9-18(29-13)25(27)28)12-24-16-7-2-1-5-14(16)22-19(24)15-6-3-4-10-20-15/h1-11H,12H2,(H,23,26)/b21-11-. The van der Waals surface area contributed by atoms with Crippen LogP contribution in [0, 0.1) is 10.1 Å². The number of para-hydroxylation sites is 2. The molecular weight excluding hydrogens is 392 g/mol. The molecule has 10 heteroatoms. The van der Waals surface area contributed by atoms with E-state index in [-0.39, 0.29) is 17.5 Å². The van der Waals surface area contributed by atoms with Gasteiger partial charge in [0.25, 0.3) is 5.91 Å². The molecule has 1 aromatic carbocycles. The van der Waals surface area contributed by atoms with Gasteiger partial charge in [-0.3, -0.25) is 19.9 Å². The summed E-state index contributed by atoms with van der Waals surface area (Å²) in [6.45, 7) is -0.00561. The van der Waals surface area contributed by atoms with Crippen molar-refractivity contribution in [2.24, 2.45) is 5.10 Å². The number of nitro groups is 1. The van der Waals surface area contributed by atoms with Crippen molar-refractivity contribution in [3.05, 3.63) is 75.8 Å². The number of carbonyl (C=O) groups is 1. The summed E-state index contributed by atoms with van der Waals surface area (Å²) < 4.78 is 1.78. The Morgan fingerprint density at radius 2 is 2.03 bits per heavy atom. The quantitative estimate of drug-likeness (QED) is 0.300. The fourth-order valence-electron chi connectivity index (χ4n) is 2.78. The number of aromatic nitrogens is 3. The Bertz CT molecular complexity index is 1220. The van der Waals surface area contributed by atoms with E-state index in [0.717, 1.165) is 22.4 Å². The first kappa shape index (κ1) is 18.4. The molecule has 29 heavy (non-hydrogen) atoms. The molecule has 0 aliphatic heterocycles. The SMILES string of the molecule is O=C(Cn1c(-c2ccccn2)nc2ccccc21)N/N=C\c1ccc([N+](=O)[O-])s1. The van der Waals surface area contributed by atoms with E-state index in [0.29, 0.717) is 16.4 Å². The molecular formula is C19H14N6O3S. The van der Waals surface area contributed by atoms with Crippen molar-refractivity contribution in [2.45, 2.75) is 6.54 Å². The average molecular weight is 406 g/mol. The minimum absolute atomic E-state index is 0.00561. The van der Waals surface area contributed by atoms with E-state index < -0.39 is 4.92 Å². The van der Waals surface area contributed by atoms with Crippen molar-refractivity contribution in [3.63, 3.8) is 0 Å². The monoisotopic (exact) mass is 406 g/mol. The predicted octanol–water partition coefficient (Wildman–Crippen LogP) is 3.22. The fourth-order valence-corrected chi connectivity index (χ4v) is 3.48. The number of hydrogen-bond acceptors (Lipinski definition) is 7. The molecule has 0 fully saturated rings. The van der Waals surface area contributed by atoms with E-state index in [2.05, 4.69) is 20.5 Å². The van der Waals surface area contributed by atoms with Crippen molar-refractivity contribution in [1.82, 2.24) is 20.0 Å². The Balaban J connectivity index is 1.54. The summed E-state index contributed by atoms with van der Waals surface area (Å²) in [4.78, 5) is 32.2. The third kappa shape index (κ3) is 4.01. The zero-order valence-electron chi connectivity index (χ0n) is 14.9. The predicted molar refractivity (Wildman–Crippen MR) is 110 cm³/mol. The largest absolute Gasteiger partial charge is 0.324 e. The van der Waals surface area contributed by atoms with Gasteiger partial charge in [-0.05, 0) is 30.3 Å². The summed E-state index contributed by atoms with van der Waals surface area (Å²) in [6.07, 6.45) is 3.05. The van der Waals surface area contributed by atoms with Crippen LogP contribution in [0.2, 0.25) is 0 Å². The van der Waals surface area contributed by atoms with E-state index in [1.807, 2.05) is 42.5 Å². The maximum absolute atomic E-state index is 12.4. The van der Waals surface area contributed by atoms with Crippen molar-refractivity contribution < 1.29 is 9.72 Å². The van der Waals surface area contributed by atoms with Crippen LogP contribution in [0.3, 0.4) is 0 Å². The lowest BCUT2D eigenvalue weighted by Crippen LogP contribution is -2.23. The highest BCUT2D eigenvalue weighted by molar-refractivity contribution is 7.16. The lowest BCUT2D eigenvalue weighted by atomic mass is 10.3. The van der Waals surface area contributed by atoms with E-state index >= 15 is 0 Å². The van der Waals surface area contributed by atoms with Gasteiger partial charge in [0.15, 0.2) is 5.82 Å². The molecule has 3 aromatic heterocycles. The molecule has 0 aliphatic carbocycles. The highest BCUT2D eigenvalue weighted by Crippen LogP contribution is 2.23. The molecule has 1 N–H and O–H groups in total. The topological polar surface area (TPSA) is 115 Å². The number of nitrogens with one attached hydrogen (secondary N) is 1. The minimum Gasteiger partial charge on any atom is -0.313 e. The van der Waals surface area contributed by atoms with Crippen molar-refractivity contribution in [3.8, 4) is 11.5 Å². The van der Waals surface area contributed by atoms with Gasteiger partial charge >= 0.3 is 5.00 Å². The van der Waals surface area contributed by atoms with Crippen molar-refractivity contribution in [2.75, 3.05) is 0 Å². The number of nitrogens with zero attached hydrogens (tertiary/aromatic N) is 5. The van der Waals surface area contributed by atoms with Crippen LogP contribution in [0.25, 0.3) is 22.6 Å². The van der Waals surface area contributed by atoms with Gasteiger partial charge in [-0.15, -0.1) is 0 Å². The van der Waals surface area contributed by atoms with Crippen LogP contribution < -0.4 is 5.43 Å². The first-order chi connectivity index (χ1) is 14.1. The molecule has 9 nitrogen and oxygen atoms in total. The van der Waals surface area contributed by atoms with E-state index in [1.165, 1.54) is 12.3 Å². The number of rotatable bonds is 6. The fraction of sp³-hybridized carbons (Fsp3) is 0.0526. The van der Waals surface area contributed by atoms with Gasteiger partial charge in [0.05, 0.1) is 27.0 Å². The third-order valence-corrected chi connectivity index (χ3v) is 5.00. The molecule has 0 atom stereocenters. The molecule has 0 radical (unpaired) electrons. The third-order valence-electron chi connectivity index (χ3n) is 4.02. The van der Waals surface area contributed by atoms with Gasteiger partial charge < -0.3 is 4.57 Å². The van der Waals surface area contributed by atoms with Gasteiger partial charge in [-0.2, -0.15) is 5.10 Å². The smallest absolute Gasteiger partial charge is 0.313 e. The Labute approximate surface area is 168 Å². The van der Waals surface area contributed by atoms with Gasteiger partial charge in [0, 0.05) is 12.3 Å². The molecule has 0 saturated heterocycles. The maximum Gasteiger partial charge on any atom is 0.324 e. The summed E-state index contributed by atoms with van der Waals surface area (Å²) in [6, 6.07) is 16.0. The highest BCUT2D eigenvalue weighted by atomic mass is 32.1. The minimum atomic E-state index is -0.468. The van der Waals surface area contributed by atoms with E-state index in [4.69, 9.17) is 0 Å². The van der Waals surface area contributed by atoms with Gasteiger partial charge in [-0.1, -0.05) is 29.5 Å². The summed E-state index contributed by atoms with van der Waals surface area (Å²) in [7, 11) is 0.